The number of carbonyl (C=O) groups excluding carboxylic acids is 1. The third-order valence-electron chi connectivity index (χ3n) is 5.43. The monoisotopic (exact) mass is 437 g/mol. The van der Waals surface area contributed by atoms with Crippen LogP contribution in [0.3, 0.4) is 0 Å². The highest BCUT2D eigenvalue weighted by Crippen LogP contribution is 2.32. The van der Waals surface area contributed by atoms with Crippen LogP contribution in [0.1, 0.15) is 82.0 Å². The zero-order valence-electron chi connectivity index (χ0n) is 20.6. The second-order valence-electron chi connectivity index (χ2n) is 9.10. The molecule has 0 aliphatic carbocycles. The van der Waals surface area contributed by atoms with E-state index in [0.29, 0.717) is 23.4 Å². The summed E-state index contributed by atoms with van der Waals surface area (Å²) in [5, 5.41) is 14.6. The lowest BCUT2D eigenvalue weighted by atomic mass is 9.86. The molecule has 1 aromatic heterocycles. The van der Waals surface area contributed by atoms with Crippen molar-refractivity contribution in [2.75, 3.05) is 0 Å². The van der Waals surface area contributed by atoms with E-state index in [4.69, 9.17) is 9.47 Å². The Bertz CT molecular complexity index is 1020. The third-order valence-corrected chi connectivity index (χ3v) is 5.43. The number of esters is 1. The quantitative estimate of drug-likeness (QED) is 0.225. The molecule has 0 spiro atoms. The van der Waals surface area contributed by atoms with Crippen molar-refractivity contribution in [1.82, 2.24) is 9.78 Å². The minimum absolute atomic E-state index is 0.00528. The average molecular weight is 438 g/mol. The molecular weight excluding hydrogens is 402 g/mol. The minimum Gasteiger partial charge on any atom is -0.451 e. The summed E-state index contributed by atoms with van der Waals surface area (Å²) < 4.78 is 13.3. The van der Waals surface area contributed by atoms with Gasteiger partial charge in [-0.3, -0.25) is 9.48 Å². The summed E-state index contributed by atoms with van der Waals surface area (Å²) in [6.07, 6.45) is 1.16. The normalized spacial score (nSPS) is 13.2. The van der Waals surface area contributed by atoms with E-state index in [1.807, 2.05) is 52.1 Å². The molecule has 2 aromatic rings. The largest absolute Gasteiger partial charge is 0.451 e. The molecule has 1 heterocycles. The van der Waals surface area contributed by atoms with Crippen LogP contribution < -0.4 is 0 Å². The van der Waals surface area contributed by atoms with Crippen molar-refractivity contribution in [1.29, 1.82) is 5.26 Å². The van der Waals surface area contributed by atoms with Crippen LogP contribution in [-0.2, 0) is 26.7 Å². The van der Waals surface area contributed by atoms with E-state index < -0.39 is 6.29 Å². The van der Waals surface area contributed by atoms with Gasteiger partial charge in [-0.05, 0) is 36.8 Å². The Hall–Kier alpha value is -3.07. The van der Waals surface area contributed by atoms with Gasteiger partial charge in [-0.15, -0.1) is 0 Å². The standard InChI is InChI=1S/C26H35N3O3/c1-9-10-11-23(30)31-19(4)32-25(24-17(2)18(3)28-29(24)8)22(16-27)20-12-14-21(15-13-20)26(5,6)7/h12-15,19H,9-11H2,1-8H3/b25-22-. The number of hydrogen-bond acceptors (Lipinski definition) is 5. The smallest absolute Gasteiger partial charge is 0.308 e. The SMILES string of the molecule is CCCCC(=O)OC(C)O/C(=C(/C#N)c1ccc(C(C)(C)C)cc1)c1c(C)c(C)nn1C. The molecule has 0 aliphatic heterocycles. The summed E-state index contributed by atoms with van der Waals surface area (Å²) in [7, 11) is 1.81. The first-order valence-corrected chi connectivity index (χ1v) is 11.1. The molecule has 32 heavy (non-hydrogen) atoms. The van der Waals surface area contributed by atoms with Gasteiger partial charge in [0.05, 0.1) is 5.69 Å². The van der Waals surface area contributed by atoms with Crippen LogP contribution in [0.5, 0.6) is 0 Å². The number of aromatic nitrogens is 2. The zero-order chi connectivity index (χ0) is 24.1. The highest BCUT2D eigenvalue weighted by atomic mass is 16.7. The molecule has 0 saturated heterocycles. The lowest BCUT2D eigenvalue weighted by Gasteiger charge is -2.21. The summed E-state index contributed by atoms with van der Waals surface area (Å²) in [5.74, 6) is 0.0389. The molecule has 1 aromatic carbocycles. The van der Waals surface area contributed by atoms with Gasteiger partial charge in [0.15, 0.2) is 5.76 Å². The summed E-state index contributed by atoms with van der Waals surface area (Å²) in [6.45, 7) is 14.0. The third kappa shape index (κ3) is 6.00. The van der Waals surface area contributed by atoms with Crippen molar-refractivity contribution >= 4 is 17.3 Å². The van der Waals surface area contributed by atoms with E-state index in [0.717, 1.165) is 29.7 Å². The predicted octanol–water partition coefficient (Wildman–Crippen LogP) is 5.82. The van der Waals surface area contributed by atoms with E-state index in [9.17, 15) is 10.1 Å². The van der Waals surface area contributed by atoms with Crippen LogP contribution >= 0.6 is 0 Å². The van der Waals surface area contributed by atoms with E-state index >= 15 is 0 Å². The fourth-order valence-corrected chi connectivity index (χ4v) is 3.45. The van der Waals surface area contributed by atoms with E-state index in [-0.39, 0.29) is 11.4 Å². The number of aryl methyl sites for hydroxylation is 2. The van der Waals surface area contributed by atoms with E-state index in [1.54, 1.807) is 11.6 Å². The first kappa shape index (κ1) is 25.2. The predicted molar refractivity (Wildman–Crippen MR) is 126 cm³/mol. The topological polar surface area (TPSA) is 77.1 Å². The number of hydrogen-bond donors (Lipinski definition) is 0. The Morgan fingerprint density at radius 3 is 2.28 bits per heavy atom. The Labute approximate surface area is 191 Å². The molecule has 172 valence electrons. The number of benzene rings is 1. The van der Waals surface area contributed by atoms with E-state index in [1.165, 1.54) is 5.56 Å². The summed E-state index contributed by atoms with van der Waals surface area (Å²) in [5.41, 5.74) is 4.72. The van der Waals surface area contributed by atoms with Crippen LogP contribution in [0, 0.1) is 25.2 Å². The van der Waals surface area contributed by atoms with Gasteiger partial charge in [-0.25, -0.2) is 0 Å². The molecule has 6 nitrogen and oxygen atoms in total. The Morgan fingerprint density at radius 2 is 1.81 bits per heavy atom. The number of unbranched alkanes of at least 4 members (excludes halogenated alkanes) is 1. The molecule has 0 N–H and O–H groups in total. The second kappa shape index (κ2) is 10.5. The number of carbonyl (C=O) groups is 1. The van der Waals surface area contributed by atoms with Gasteiger partial charge in [-0.2, -0.15) is 10.4 Å². The maximum absolute atomic E-state index is 12.1. The molecule has 0 bridgehead atoms. The van der Waals surface area contributed by atoms with E-state index in [2.05, 4.69) is 31.9 Å². The van der Waals surface area contributed by atoms with Crippen LogP contribution in [0.15, 0.2) is 24.3 Å². The number of allylic oxidation sites excluding steroid dienone is 1. The maximum Gasteiger partial charge on any atom is 0.308 e. The average Bonchev–Trinajstić information content (AvgIpc) is 2.97. The van der Waals surface area contributed by atoms with Crippen LogP contribution in [-0.4, -0.2) is 22.0 Å². The molecular formula is C26H35N3O3. The second-order valence-corrected chi connectivity index (χ2v) is 9.10. The van der Waals surface area contributed by atoms with Gasteiger partial charge in [-0.1, -0.05) is 58.4 Å². The number of rotatable bonds is 8. The highest BCUT2D eigenvalue weighted by molar-refractivity contribution is 5.94. The molecule has 2 rings (SSSR count). The lowest BCUT2D eigenvalue weighted by molar-refractivity contribution is -0.164. The Balaban J connectivity index is 2.54. The van der Waals surface area contributed by atoms with Crippen LogP contribution in [0.4, 0.5) is 0 Å². The molecule has 0 fully saturated rings. The molecule has 0 radical (unpaired) electrons. The van der Waals surface area contributed by atoms with Crippen molar-refractivity contribution < 1.29 is 14.3 Å². The van der Waals surface area contributed by atoms with Gasteiger partial charge in [0.2, 0.25) is 6.29 Å². The molecule has 0 aliphatic rings. The Kier molecular flexibility index (Phi) is 8.26. The number of ether oxygens (including phenoxy) is 2. The van der Waals surface area contributed by atoms with Gasteiger partial charge in [0.25, 0.3) is 0 Å². The van der Waals surface area contributed by atoms with Crippen LogP contribution in [0.25, 0.3) is 11.3 Å². The minimum atomic E-state index is -0.846. The first-order chi connectivity index (χ1) is 15.0. The summed E-state index contributed by atoms with van der Waals surface area (Å²) in [6, 6.07) is 10.2. The van der Waals surface area contributed by atoms with Gasteiger partial charge >= 0.3 is 5.97 Å². The van der Waals surface area contributed by atoms with Crippen molar-refractivity contribution in [2.45, 2.75) is 79.4 Å². The molecule has 0 amide bonds. The van der Waals surface area contributed by atoms with Crippen molar-refractivity contribution in [3.8, 4) is 6.07 Å². The van der Waals surface area contributed by atoms with Crippen LogP contribution in [0.2, 0.25) is 0 Å². The van der Waals surface area contributed by atoms with Crippen molar-refractivity contribution in [3.63, 3.8) is 0 Å². The number of nitriles is 1. The van der Waals surface area contributed by atoms with Gasteiger partial charge in [0, 0.05) is 26.0 Å². The zero-order valence-corrected chi connectivity index (χ0v) is 20.6. The maximum atomic E-state index is 12.1. The molecule has 1 unspecified atom stereocenters. The fraction of sp³-hybridized carbons (Fsp3) is 0.500. The lowest BCUT2D eigenvalue weighted by Crippen LogP contribution is -2.19. The molecule has 1 atom stereocenters. The van der Waals surface area contributed by atoms with Crippen molar-refractivity contribution in [2.24, 2.45) is 7.05 Å². The first-order valence-electron chi connectivity index (χ1n) is 11.1. The van der Waals surface area contributed by atoms with Gasteiger partial charge in [0.1, 0.15) is 17.3 Å². The summed E-state index contributed by atoms with van der Waals surface area (Å²) in [4.78, 5) is 12.1. The highest BCUT2D eigenvalue weighted by Gasteiger charge is 2.24. The van der Waals surface area contributed by atoms with Gasteiger partial charge < -0.3 is 9.47 Å². The van der Waals surface area contributed by atoms with Crippen molar-refractivity contribution in [3.05, 3.63) is 52.3 Å². The molecule has 6 heteroatoms. The Morgan fingerprint density at radius 1 is 1.19 bits per heavy atom. The fourth-order valence-electron chi connectivity index (χ4n) is 3.45. The molecule has 0 saturated carbocycles. The number of nitrogens with zero attached hydrogens (tertiary/aromatic N) is 3. The summed E-state index contributed by atoms with van der Waals surface area (Å²) >= 11 is 0.